The van der Waals surface area contributed by atoms with Gasteiger partial charge in [-0.25, -0.2) is 9.79 Å². The summed E-state index contributed by atoms with van der Waals surface area (Å²) in [5.41, 5.74) is 2.94. The molecular weight excluding hydrogens is 386 g/mol. The highest BCUT2D eigenvalue weighted by Gasteiger charge is 2.34. The Hall–Kier alpha value is -3.32. The molecule has 1 N–H and O–H groups in total. The average molecular weight is 405 g/mol. The van der Waals surface area contributed by atoms with Gasteiger partial charge in [0.25, 0.3) is 5.91 Å². The fourth-order valence-corrected chi connectivity index (χ4v) is 4.12. The van der Waals surface area contributed by atoms with E-state index in [1.54, 1.807) is 4.90 Å². The third-order valence-corrected chi connectivity index (χ3v) is 5.61. The SMILES string of the molecule is COC(=O)/C=C1/SC(=Nc2ccccc2)N(CCc2c[nH]c3ccccc23)C1=O. The highest BCUT2D eigenvalue weighted by Crippen LogP contribution is 2.33. The summed E-state index contributed by atoms with van der Waals surface area (Å²) >= 11 is 1.19. The zero-order valence-corrected chi connectivity index (χ0v) is 16.6. The van der Waals surface area contributed by atoms with Crippen molar-refractivity contribution in [3.63, 3.8) is 0 Å². The zero-order valence-electron chi connectivity index (χ0n) is 15.8. The molecule has 1 amide bonds. The number of para-hydroxylation sites is 2. The second kappa shape index (κ2) is 8.36. The molecule has 2 heterocycles. The van der Waals surface area contributed by atoms with Gasteiger partial charge in [-0.2, -0.15) is 0 Å². The van der Waals surface area contributed by atoms with E-state index < -0.39 is 5.97 Å². The van der Waals surface area contributed by atoms with E-state index in [1.807, 2.05) is 54.7 Å². The number of carbonyl (C=O) groups excluding carboxylic acids is 2. The summed E-state index contributed by atoms with van der Waals surface area (Å²) in [7, 11) is 1.29. The number of hydrogen-bond acceptors (Lipinski definition) is 5. The fourth-order valence-electron chi connectivity index (χ4n) is 3.14. The van der Waals surface area contributed by atoms with E-state index in [-0.39, 0.29) is 5.91 Å². The minimum Gasteiger partial charge on any atom is -0.466 e. The minimum atomic E-state index is -0.557. The van der Waals surface area contributed by atoms with E-state index in [2.05, 4.69) is 20.8 Å². The first-order chi connectivity index (χ1) is 14.2. The minimum absolute atomic E-state index is 0.241. The predicted octanol–water partition coefficient (Wildman–Crippen LogP) is 4.03. The van der Waals surface area contributed by atoms with Gasteiger partial charge in [0.2, 0.25) is 0 Å². The van der Waals surface area contributed by atoms with Crippen LogP contribution in [0.15, 0.2) is 76.8 Å². The van der Waals surface area contributed by atoms with Gasteiger partial charge in [-0.05, 0) is 41.9 Å². The standard InChI is InChI=1S/C22H19N3O3S/c1-28-20(26)13-19-21(27)25(22(29-19)24-16-7-3-2-4-8-16)12-11-15-14-23-18-10-6-5-9-17(15)18/h2-10,13-14,23H,11-12H2,1H3/b19-13+,24-22?. The molecule has 0 unspecified atom stereocenters. The van der Waals surface area contributed by atoms with Crippen molar-refractivity contribution in [1.82, 2.24) is 9.88 Å². The van der Waals surface area contributed by atoms with Gasteiger partial charge in [-0.1, -0.05) is 36.4 Å². The molecule has 1 aliphatic rings. The molecule has 1 aromatic heterocycles. The number of aliphatic imine (C=N–C) groups is 1. The number of aromatic nitrogens is 1. The average Bonchev–Trinajstić information content (AvgIpc) is 3.28. The Bertz CT molecular complexity index is 1120. The maximum Gasteiger partial charge on any atom is 0.331 e. The van der Waals surface area contributed by atoms with Crippen molar-refractivity contribution in [2.45, 2.75) is 6.42 Å². The number of amides is 1. The molecule has 0 saturated carbocycles. The number of aromatic amines is 1. The van der Waals surface area contributed by atoms with E-state index in [9.17, 15) is 9.59 Å². The number of thioether (sulfide) groups is 1. The molecule has 0 bridgehead atoms. The first-order valence-corrected chi connectivity index (χ1v) is 9.95. The van der Waals surface area contributed by atoms with E-state index in [4.69, 9.17) is 0 Å². The van der Waals surface area contributed by atoms with Crippen molar-refractivity contribution < 1.29 is 14.3 Å². The number of nitrogens with one attached hydrogen (secondary N) is 1. The molecule has 4 rings (SSSR count). The van der Waals surface area contributed by atoms with Crippen LogP contribution in [-0.4, -0.2) is 40.6 Å². The summed E-state index contributed by atoms with van der Waals surface area (Å²) in [4.78, 5) is 34.4. The number of amidine groups is 1. The van der Waals surface area contributed by atoms with Crippen molar-refractivity contribution in [3.05, 3.63) is 77.3 Å². The smallest absolute Gasteiger partial charge is 0.331 e. The monoisotopic (exact) mass is 405 g/mol. The number of esters is 1. The number of methoxy groups -OCH3 is 1. The molecule has 6 nitrogen and oxygen atoms in total. The van der Waals surface area contributed by atoms with Crippen LogP contribution in [0.3, 0.4) is 0 Å². The molecule has 29 heavy (non-hydrogen) atoms. The summed E-state index contributed by atoms with van der Waals surface area (Å²) < 4.78 is 4.67. The Kier molecular flexibility index (Phi) is 5.48. The number of H-pyrrole nitrogens is 1. The number of ether oxygens (including phenoxy) is 1. The molecule has 0 radical (unpaired) electrons. The summed E-state index contributed by atoms with van der Waals surface area (Å²) in [6.45, 7) is 0.456. The lowest BCUT2D eigenvalue weighted by Gasteiger charge is -2.15. The van der Waals surface area contributed by atoms with E-state index in [0.29, 0.717) is 23.0 Å². The number of carbonyl (C=O) groups is 2. The van der Waals surface area contributed by atoms with Crippen molar-refractivity contribution in [2.75, 3.05) is 13.7 Å². The quantitative estimate of drug-likeness (QED) is 0.514. The Morgan fingerprint density at radius 1 is 1.17 bits per heavy atom. The van der Waals surface area contributed by atoms with Crippen molar-refractivity contribution in [2.24, 2.45) is 4.99 Å². The van der Waals surface area contributed by atoms with Gasteiger partial charge in [0.1, 0.15) is 0 Å². The van der Waals surface area contributed by atoms with Gasteiger partial charge in [-0.15, -0.1) is 0 Å². The van der Waals surface area contributed by atoms with Crippen LogP contribution in [0.2, 0.25) is 0 Å². The van der Waals surface area contributed by atoms with E-state index in [1.165, 1.54) is 24.9 Å². The van der Waals surface area contributed by atoms with Gasteiger partial charge in [0.05, 0.1) is 17.7 Å². The molecule has 0 aliphatic carbocycles. The normalized spacial score (nSPS) is 16.9. The summed E-state index contributed by atoms with van der Waals surface area (Å²) in [6, 6.07) is 17.5. The molecule has 0 spiro atoms. The van der Waals surface area contributed by atoms with Crippen molar-refractivity contribution in [3.8, 4) is 0 Å². The van der Waals surface area contributed by atoms with Crippen LogP contribution in [0.1, 0.15) is 5.56 Å². The summed E-state index contributed by atoms with van der Waals surface area (Å²) in [5, 5.41) is 1.69. The lowest BCUT2D eigenvalue weighted by atomic mass is 10.1. The fraction of sp³-hybridized carbons (Fsp3) is 0.136. The van der Waals surface area contributed by atoms with Gasteiger partial charge < -0.3 is 9.72 Å². The van der Waals surface area contributed by atoms with Crippen LogP contribution in [-0.2, 0) is 20.7 Å². The van der Waals surface area contributed by atoms with Crippen molar-refractivity contribution >= 4 is 45.4 Å². The summed E-state index contributed by atoms with van der Waals surface area (Å²) in [5.74, 6) is -0.798. The van der Waals surface area contributed by atoms with Crippen molar-refractivity contribution in [1.29, 1.82) is 0 Å². The Morgan fingerprint density at radius 2 is 1.93 bits per heavy atom. The van der Waals surface area contributed by atoms with Crippen LogP contribution in [0, 0.1) is 0 Å². The van der Waals surface area contributed by atoms with Crippen LogP contribution in [0.4, 0.5) is 5.69 Å². The molecule has 1 saturated heterocycles. The molecule has 3 aromatic rings. The largest absolute Gasteiger partial charge is 0.466 e. The van der Waals surface area contributed by atoms with Crippen LogP contribution in [0.25, 0.3) is 10.9 Å². The van der Waals surface area contributed by atoms with Crippen LogP contribution >= 0.6 is 11.8 Å². The zero-order chi connectivity index (χ0) is 20.2. The highest BCUT2D eigenvalue weighted by molar-refractivity contribution is 8.18. The topological polar surface area (TPSA) is 74.8 Å². The second-order valence-corrected chi connectivity index (χ2v) is 7.44. The first-order valence-electron chi connectivity index (χ1n) is 9.14. The van der Waals surface area contributed by atoms with E-state index >= 15 is 0 Å². The molecule has 0 atom stereocenters. The lowest BCUT2D eigenvalue weighted by Crippen LogP contribution is -2.31. The van der Waals surface area contributed by atoms with Gasteiger partial charge >= 0.3 is 5.97 Å². The molecule has 2 aromatic carbocycles. The highest BCUT2D eigenvalue weighted by atomic mass is 32.2. The number of nitrogens with zero attached hydrogens (tertiary/aromatic N) is 2. The first kappa shape index (κ1) is 19.0. The molecular formula is C22H19N3O3S. The van der Waals surface area contributed by atoms with Crippen LogP contribution < -0.4 is 0 Å². The third-order valence-electron chi connectivity index (χ3n) is 4.60. The molecule has 1 fully saturated rings. The molecule has 1 aliphatic heterocycles. The third kappa shape index (κ3) is 4.09. The molecule has 146 valence electrons. The van der Waals surface area contributed by atoms with Crippen LogP contribution in [0.5, 0.6) is 0 Å². The Balaban J connectivity index is 1.62. The number of rotatable bonds is 5. The van der Waals surface area contributed by atoms with Gasteiger partial charge in [0.15, 0.2) is 5.17 Å². The number of fused-ring (bicyclic) bond motifs is 1. The molecule has 7 heteroatoms. The summed E-state index contributed by atoms with van der Waals surface area (Å²) in [6.07, 6.45) is 3.85. The number of benzene rings is 2. The van der Waals surface area contributed by atoms with Gasteiger partial charge in [0, 0.05) is 29.7 Å². The Labute approximate surface area is 172 Å². The van der Waals surface area contributed by atoms with Gasteiger partial charge in [-0.3, -0.25) is 9.69 Å². The maximum atomic E-state index is 12.9. The lowest BCUT2D eigenvalue weighted by molar-refractivity contribution is -0.135. The second-order valence-electron chi connectivity index (χ2n) is 6.43. The predicted molar refractivity (Wildman–Crippen MR) is 115 cm³/mol. The maximum absolute atomic E-state index is 12.9. The Morgan fingerprint density at radius 3 is 2.72 bits per heavy atom. The number of hydrogen-bond donors (Lipinski definition) is 1. The van der Waals surface area contributed by atoms with E-state index in [0.717, 1.165) is 22.2 Å².